The number of ether oxygens (including phenoxy) is 3. The van der Waals surface area contributed by atoms with Crippen molar-refractivity contribution < 1.29 is 19.0 Å². The van der Waals surface area contributed by atoms with Gasteiger partial charge in [0.1, 0.15) is 17.6 Å². The zero-order chi connectivity index (χ0) is 12.4. The van der Waals surface area contributed by atoms with E-state index in [0.717, 1.165) is 22.6 Å². The lowest BCUT2D eigenvalue weighted by Crippen LogP contribution is -2.12. The number of methoxy groups -OCH3 is 2. The Hall–Kier alpha value is -1.91. The molecule has 0 radical (unpaired) electrons. The van der Waals surface area contributed by atoms with Crippen molar-refractivity contribution >= 4 is 6.09 Å². The Morgan fingerprint density at radius 3 is 2.29 bits per heavy atom. The Labute approximate surface area is 99.7 Å². The molecule has 0 spiro atoms. The van der Waals surface area contributed by atoms with Gasteiger partial charge in [-0.25, -0.2) is 4.79 Å². The first-order valence-electron chi connectivity index (χ1n) is 5.32. The molecule has 0 bridgehead atoms. The van der Waals surface area contributed by atoms with Crippen LogP contribution in [0.5, 0.6) is 11.5 Å². The Morgan fingerprint density at radius 2 is 1.88 bits per heavy atom. The first-order chi connectivity index (χ1) is 8.15. The van der Waals surface area contributed by atoms with Crippen LogP contribution in [0.1, 0.15) is 17.2 Å². The molecule has 1 fully saturated rings. The van der Waals surface area contributed by atoms with Crippen LogP contribution < -0.4 is 14.8 Å². The number of rotatable bonds is 3. The summed E-state index contributed by atoms with van der Waals surface area (Å²) in [5.74, 6) is 1.45. The van der Waals surface area contributed by atoms with E-state index in [1.54, 1.807) is 14.2 Å². The van der Waals surface area contributed by atoms with Gasteiger partial charge < -0.3 is 19.5 Å². The predicted octanol–water partition coefficient (Wildman–Crippen LogP) is 1.79. The second-order valence-corrected chi connectivity index (χ2v) is 3.83. The van der Waals surface area contributed by atoms with Gasteiger partial charge in [0.15, 0.2) is 0 Å². The second-order valence-electron chi connectivity index (χ2n) is 3.83. The quantitative estimate of drug-likeness (QED) is 0.870. The van der Waals surface area contributed by atoms with Crippen LogP contribution in [-0.2, 0) is 4.74 Å². The van der Waals surface area contributed by atoms with Crippen LogP contribution >= 0.6 is 0 Å². The smallest absolute Gasteiger partial charge is 0.407 e. The summed E-state index contributed by atoms with van der Waals surface area (Å²) in [4.78, 5) is 11.0. The van der Waals surface area contributed by atoms with Gasteiger partial charge in [-0.05, 0) is 19.1 Å². The van der Waals surface area contributed by atoms with Crippen LogP contribution in [0.3, 0.4) is 0 Å². The molecule has 0 aliphatic carbocycles. The summed E-state index contributed by atoms with van der Waals surface area (Å²) in [6, 6.07) is 3.73. The second kappa shape index (κ2) is 4.53. The zero-order valence-electron chi connectivity index (χ0n) is 10.1. The molecule has 2 rings (SSSR count). The van der Waals surface area contributed by atoms with Crippen molar-refractivity contribution in [1.82, 2.24) is 5.32 Å². The molecule has 1 saturated heterocycles. The highest BCUT2D eigenvalue weighted by molar-refractivity contribution is 5.70. The van der Waals surface area contributed by atoms with E-state index in [1.165, 1.54) is 0 Å². The van der Waals surface area contributed by atoms with E-state index in [4.69, 9.17) is 14.2 Å². The van der Waals surface area contributed by atoms with E-state index in [1.807, 2.05) is 19.1 Å². The van der Waals surface area contributed by atoms with Crippen molar-refractivity contribution in [3.05, 3.63) is 23.3 Å². The standard InChI is InChI=1S/C12H15NO4/c1-7-9(15-2)4-8(5-10(7)16-3)11-6-13-12(14)17-11/h4-5,11H,6H2,1-3H3,(H,13,14). The average molecular weight is 237 g/mol. The number of benzene rings is 1. The number of amides is 1. The summed E-state index contributed by atoms with van der Waals surface area (Å²) in [7, 11) is 3.20. The van der Waals surface area contributed by atoms with Crippen LogP contribution in [0.2, 0.25) is 0 Å². The highest BCUT2D eigenvalue weighted by atomic mass is 16.6. The van der Waals surface area contributed by atoms with Crippen LogP contribution in [0.15, 0.2) is 12.1 Å². The molecule has 5 heteroatoms. The molecule has 1 atom stereocenters. The highest BCUT2D eigenvalue weighted by Gasteiger charge is 2.25. The van der Waals surface area contributed by atoms with Crippen LogP contribution in [0, 0.1) is 6.92 Å². The molecule has 1 aromatic carbocycles. The minimum absolute atomic E-state index is 0.286. The van der Waals surface area contributed by atoms with Gasteiger partial charge in [-0.3, -0.25) is 0 Å². The molecular formula is C12H15NO4. The minimum atomic E-state index is -0.395. The van der Waals surface area contributed by atoms with Gasteiger partial charge in [-0.2, -0.15) is 0 Å². The van der Waals surface area contributed by atoms with E-state index in [9.17, 15) is 4.79 Å². The number of hydrogen-bond donors (Lipinski definition) is 1. The minimum Gasteiger partial charge on any atom is -0.496 e. The third-order valence-electron chi connectivity index (χ3n) is 2.83. The van der Waals surface area contributed by atoms with E-state index in [2.05, 4.69) is 5.32 Å². The summed E-state index contributed by atoms with van der Waals surface area (Å²) in [5, 5.41) is 2.61. The lowest BCUT2D eigenvalue weighted by Gasteiger charge is -2.15. The number of carbonyl (C=O) groups excluding carboxylic acids is 1. The molecule has 1 amide bonds. The molecule has 1 aromatic rings. The van der Waals surface area contributed by atoms with E-state index >= 15 is 0 Å². The third kappa shape index (κ3) is 2.13. The molecular weight excluding hydrogens is 222 g/mol. The number of nitrogens with one attached hydrogen (secondary N) is 1. The number of cyclic esters (lactones) is 1. The SMILES string of the molecule is COc1cc(C2CNC(=O)O2)cc(OC)c1C. The Balaban J connectivity index is 2.37. The van der Waals surface area contributed by atoms with Gasteiger partial charge in [-0.15, -0.1) is 0 Å². The molecule has 1 aliphatic heterocycles. The predicted molar refractivity (Wildman–Crippen MR) is 61.5 cm³/mol. The van der Waals surface area contributed by atoms with E-state index in [-0.39, 0.29) is 6.10 Å². The fourth-order valence-electron chi connectivity index (χ4n) is 1.87. The van der Waals surface area contributed by atoms with Crippen LogP contribution in [0.25, 0.3) is 0 Å². The molecule has 17 heavy (non-hydrogen) atoms. The summed E-state index contributed by atoms with van der Waals surface area (Å²) in [6.07, 6.45) is -0.681. The van der Waals surface area contributed by atoms with Crippen LogP contribution in [-0.4, -0.2) is 26.9 Å². The summed E-state index contributed by atoms with van der Waals surface area (Å²) in [5.41, 5.74) is 1.79. The van der Waals surface area contributed by atoms with Gasteiger partial charge in [0.2, 0.25) is 0 Å². The van der Waals surface area contributed by atoms with Crippen molar-refractivity contribution in [3.63, 3.8) is 0 Å². The van der Waals surface area contributed by atoms with Crippen molar-refractivity contribution in [2.45, 2.75) is 13.0 Å². The lowest BCUT2D eigenvalue weighted by molar-refractivity contribution is 0.141. The number of alkyl carbamates (subject to hydrolysis) is 1. The first-order valence-corrected chi connectivity index (χ1v) is 5.32. The van der Waals surface area contributed by atoms with E-state index in [0.29, 0.717) is 6.54 Å². The topological polar surface area (TPSA) is 56.8 Å². The Bertz CT molecular complexity index is 419. The van der Waals surface area contributed by atoms with Crippen molar-refractivity contribution in [2.24, 2.45) is 0 Å². The maximum absolute atomic E-state index is 11.0. The van der Waals surface area contributed by atoms with Crippen LogP contribution in [0.4, 0.5) is 4.79 Å². The van der Waals surface area contributed by atoms with E-state index < -0.39 is 6.09 Å². The maximum atomic E-state index is 11.0. The van der Waals surface area contributed by atoms with Gasteiger partial charge in [0.05, 0.1) is 20.8 Å². The summed E-state index contributed by atoms with van der Waals surface area (Å²) >= 11 is 0. The molecule has 1 aliphatic rings. The van der Waals surface area contributed by atoms with Crippen molar-refractivity contribution in [2.75, 3.05) is 20.8 Å². The molecule has 1 N–H and O–H groups in total. The monoisotopic (exact) mass is 237 g/mol. The fraction of sp³-hybridized carbons (Fsp3) is 0.417. The first kappa shape index (κ1) is 11.6. The average Bonchev–Trinajstić information content (AvgIpc) is 2.76. The highest BCUT2D eigenvalue weighted by Crippen LogP contribution is 2.33. The summed E-state index contributed by atoms with van der Waals surface area (Å²) in [6.45, 7) is 2.38. The number of hydrogen-bond acceptors (Lipinski definition) is 4. The normalized spacial score (nSPS) is 18.5. The van der Waals surface area contributed by atoms with Gasteiger partial charge in [0, 0.05) is 11.1 Å². The summed E-state index contributed by atoms with van der Waals surface area (Å²) < 4.78 is 15.7. The molecule has 5 nitrogen and oxygen atoms in total. The molecule has 1 heterocycles. The maximum Gasteiger partial charge on any atom is 0.407 e. The van der Waals surface area contributed by atoms with Gasteiger partial charge in [-0.1, -0.05) is 0 Å². The Kier molecular flexibility index (Phi) is 3.08. The molecule has 0 saturated carbocycles. The number of carbonyl (C=O) groups is 1. The zero-order valence-corrected chi connectivity index (χ0v) is 10.1. The lowest BCUT2D eigenvalue weighted by atomic mass is 10.1. The van der Waals surface area contributed by atoms with Gasteiger partial charge in [0.25, 0.3) is 0 Å². The molecule has 1 unspecified atom stereocenters. The third-order valence-corrected chi connectivity index (χ3v) is 2.83. The Morgan fingerprint density at radius 1 is 1.29 bits per heavy atom. The molecule has 92 valence electrons. The van der Waals surface area contributed by atoms with Gasteiger partial charge >= 0.3 is 6.09 Å². The van der Waals surface area contributed by atoms with Crippen molar-refractivity contribution in [1.29, 1.82) is 0 Å². The largest absolute Gasteiger partial charge is 0.496 e. The fourth-order valence-corrected chi connectivity index (χ4v) is 1.87. The molecule has 0 aromatic heterocycles. The van der Waals surface area contributed by atoms with Crippen molar-refractivity contribution in [3.8, 4) is 11.5 Å².